The fourth-order valence-corrected chi connectivity index (χ4v) is 1.87. The Labute approximate surface area is 121 Å². The smallest absolute Gasteiger partial charge is 0.236 e. The molecule has 0 saturated carbocycles. The summed E-state index contributed by atoms with van der Waals surface area (Å²) in [6, 6.07) is 9.79. The van der Waals surface area contributed by atoms with Crippen LogP contribution < -0.4 is 5.32 Å². The van der Waals surface area contributed by atoms with Crippen LogP contribution in [0.2, 0.25) is 0 Å². The Morgan fingerprint density at radius 3 is 2.50 bits per heavy atom. The van der Waals surface area contributed by atoms with Gasteiger partial charge in [-0.1, -0.05) is 32.9 Å². The van der Waals surface area contributed by atoms with E-state index in [-0.39, 0.29) is 5.91 Å². The summed E-state index contributed by atoms with van der Waals surface area (Å²) < 4.78 is 0. The molecule has 0 spiro atoms. The van der Waals surface area contributed by atoms with E-state index in [0.29, 0.717) is 24.7 Å². The minimum atomic E-state index is 0.116. The summed E-state index contributed by atoms with van der Waals surface area (Å²) in [7, 11) is 0. The third-order valence-corrected chi connectivity index (χ3v) is 2.96. The van der Waals surface area contributed by atoms with Crippen molar-refractivity contribution < 1.29 is 4.79 Å². The number of benzene rings is 1. The second-order valence-corrected chi connectivity index (χ2v) is 5.16. The Morgan fingerprint density at radius 1 is 1.35 bits per heavy atom. The predicted molar refractivity (Wildman–Crippen MR) is 80.0 cm³/mol. The molecule has 1 aromatic carbocycles. The summed E-state index contributed by atoms with van der Waals surface area (Å²) in [5.74, 6) is 0.116. The summed E-state index contributed by atoms with van der Waals surface area (Å²) in [6.45, 7) is 7.83. The maximum atomic E-state index is 12.2. The molecular formula is C16H23N3O. The SMILES string of the molecule is CCCN(Cc1ccc(C#N)cc1)C(=O)CNC(C)C. The molecule has 4 nitrogen and oxygen atoms in total. The van der Waals surface area contributed by atoms with E-state index in [1.807, 2.05) is 30.9 Å². The fraction of sp³-hybridized carbons (Fsp3) is 0.500. The van der Waals surface area contributed by atoms with Gasteiger partial charge in [-0.2, -0.15) is 5.26 Å². The van der Waals surface area contributed by atoms with Crippen molar-refractivity contribution in [3.63, 3.8) is 0 Å². The molecule has 0 aliphatic heterocycles. The Bertz CT molecular complexity index is 460. The van der Waals surface area contributed by atoms with Crippen molar-refractivity contribution in [1.82, 2.24) is 10.2 Å². The molecule has 0 heterocycles. The van der Waals surface area contributed by atoms with Crippen LogP contribution in [0, 0.1) is 11.3 Å². The van der Waals surface area contributed by atoms with E-state index in [0.717, 1.165) is 18.5 Å². The second kappa shape index (κ2) is 8.34. The third kappa shape index (κ3) is 5.41. The molecule has 0 radical (unpaired) electrons. The summed E-state index contributed by atoms with van der Waals surface area (Å²) in [5, 5.41) is 11.9. The zero-order valence-electron chi connectivity index (χ0n) is 12.5. The highest BCUT2D eigenvalue weighted by molar-refractivity contribution is 5.78. The lowest BCUT2D eigenvalue weighted by atomic mass is 10.1. The van der Waals surface area contributed by atoms with Gasteiger partial charge in [0.2, 0.25) is 5.91 Å². The van der Waals surface area contributed by atoms with Crippen LogP contribution in [0.1, 0.15) is 38.3 Å². The van der Waals surface area contributed by atoms with Crippen LogP contribution in [0.4, 0.5) is 0 Å². The van der Waals surface area contributed by atoms with Crippen molar-refractivity contribution in [3.8, 4) is 6.07 Å². The van der Waals surface area contributed by atoms with E-state index < -0.39 is 0 Å². The molecule has 0 fully saturated rings. The average molecular weight is 273 g/mol. The molecule has 1 N–H and O–H groups in total. The van der Waals surface area contributed by atoms with E-state index in [4.69, 9.17) is 5.26 Å². The maximum absolute atomic E-state index is 12.2. The van der Waals surface area contributed by atoms with Gasteiger partial charge < -0.3 is 10.2 Å². The fourth-order valence-electron chi connectivity index (χ4n) is 1.87. The molecule has 4 heteroatoms. The van der Waals surface area contributed by atoms with Crippen LogP contribution in [0.15, 0.2) is 24.3 Å². The van der Waals surface area contributed by atoms with E-state index in [1.54, 1.807) is 12.1 Å². The zero-order chi connectivity index (χ0) is 15.0. The molecule has 108 valence electrons. The zero-order valence-corrected chi connectivity index (χ0v) is 12.5. The van der Waals surface area contributed by atoms with Crippen molar-refractivity contribution in [2.24, 2.45) is 0 Å². The van der Waals surface area contributed by atoms with E-state index in [2.05, 4.69) is 18.3 Å². The molecule has 0 aromatic heterocycles. The van der Waals surface area contributed by atoms with Crippen molar-refractivity contribution in [3.05, 3.63) is 35.4 Å². The van der Waals surface area contributed by atoms with Gasteiger partial charge in [-0.05, 0) is 24.1 Å². The quantitative estimate of drug-likeness (QED) is 0.829. The Hall–Kier alpha value is -1.86. The molecule has 0 aliphatic rings. The van der Waals surface area contributed by atoms with Crippen molar-refractivity contribution >= 4 is 5.91 Å². The molecule has 1 aromatic rings. The van der Waals surface area contributed by atoms with Crippen LogP contribution in [0.25, 0.3) is 0 Å². The van der Waals surface area contributed by atoms with Gasteiger partial charge in [0, 0.05) is 19.1 Å². The number of nitrogens with one attached hydrogen (secondary N) is 1. The Kier molecular flexibility index (Phi) is 6.75. The number of carbonyl (C=O) groups is 1. The molecule has 20 heavy (non-hydrogen) atoms. The Balaban J connectivity index is 2.65. The first kappa shape index (κ1) is 16.2. The maximum Gasteiger partial charge on any atom is 0.236 e. The molecule has 1 amide bonds. The van der Waals surface area contributed by atoms with Gasteiger partial charge in [0.15, 0.2) is 0 Å². The highest BCUT2D eigenvalue weighted by Gasteiger charge is 2.13. The van der Waals surface area contributed by atoms with Gasteiger partial charge >= 0.3 is 0 Å². The molecule has 0 atom stereocenters. The summed E-state index contributed by atoms with van der Waals surface area (Å²) in [6.07, 6.45) is 0.934. The van der Waals surface area contributed by atoms with E-state index in [1.165, 1.54) is 0 Å². The van der Waals surface area contributed by atoms with Gasteiger partial charge in [-0.15, -0.1) is 0 Å². The summed E-state index contributed by atoms with van der Waals surface area (Å²) >= 11 is 0. The number of hydrogen-bond acceptors (Lipinski definition) is 3. The molecule has 0 saturated heterocycles. The first-order valence-electron chi connectivity index (χ1n) is 7.07. The molecular weight excluding hydrogens is 250 g/mol. The molecule has 1 rings (SSSR count). The minimum Gasteiger partial charge on any atom is -0.337 e. The highest BCUT2D eigenvalue weighted by atomic mass is 16.2. The number of nitriles is 1. The van der Waals surface area contributed by atoms with Gasteiger partial charge in [-0.3, -0.25) is 4.79 Å². The second-order valence-electron chi connectivity index (χ2n) is 5.16. The third-order valence-electron chi connectivity index (χ3n) is 2.96. The number of carbonyl (C=O) groups excluding carboxylic acids is 1. The van der Waals surface area contributed by atoms with Gasteiger partial charge in [0.25, 0.3) is 0 Å². The largest absolute Gasteiger partial charge is 0.337 e. The minimum absolute atomic E-state index is 0.116. The lowest BCUT2D eigenvalue weighted by molar-refractivity contribution is -0.131. The normalized spacial score (nSPS) is 10.3. The predicted octanol–water partition coefficient (Wildman–Crippen LogP) is 2.29. The lowest BCUT2D eigenvalue weighted by Crippen LogP contribution is -2.40. The Morgan fingerprint density at radius 2 is 2.00 bits per heavy atom. The van der Waals surface area contributed by atoms with Crippen LogP contribution in [-0.4, -0.2) is 29.9 Å². The van der Waals surface area contributed by atoms with Crippen LogP contribution >= 0.6 is 0 Å². The monoisotopic (exact) mass is 273 g/mol. The van der Waals surface area contributed by atoms with Crippen molar-refractivity contribution in [2.45, 2.75) is 39.8 Å². The number of hydrogen-bond donors (Lipinski definition) is 1. The standard InChI is InChI=1S/C16H23N3O/c1-4-9-19(16(20)11-18-13(2)3)12-15-7-5-14(10-17)6-8-15/h5-8,13,18H,4,9,11-12H2,1-3H3. The topological polar surface area (TPSA) is 56.1 Å². The van der Waals surface area contributed by atoms with Crippen LogP contribution in [0.3, 0.4) is 0 Å². The van der Waals surface area contributed by atoms with Crippen LogP contribution in [0.5, 0.6) is 0 Å². The summed E-state index contributed by atoms with van der Waals surface area (Å²) in [4.78, 5) is 14.0. The summed E-state index contributed by atoms with van der Waals surface area (Å²) in [5.41, 5.74) is 1.69. The average Bonchev–Trinajstić information content (AvgIpc) is 2.45. The number of amides is 1. The van der Waals surface area contributed by atoms with Crippen molar-refractivity contribution in [1.29, 1.82) is 5.26 Å². The molecule has 0 unspecified atom stereocenters. The van der Waals surface area contributed by atoms with E-state index in [9.17, 15) is 4.79 Å². The molecule has 0 bridgehead atoms. The lowest BCUT2D eigenvalue weighted by Gasteiger charge is -2.23. The van der Waals surface area contributed by atoms with Gasteiger partial charge in [0.05, 0.1) is 18.2 Å². The number of nitrogens with zero attached hydrogens (tertiary/aromatic N) is 2. The molecule has 0 aliphatic carbocycles. The van der Waals surface area contributed by atoms with Gasteiger partial charge in [0.1, 0.15) is 0 Å². The first-order chi connectivity index (χ1) is 9.56. The first-order valence-corrected chi connectivity index (χ1v) is 7.07. The number of rotatable bonds is 7. The highest BCUT2D eigenvalue weighted by Crippen LogP contribution is 2.08. The van der Waals surface area contributed by atoms with Crippen molar-refractivity contribution in [2.75, 3.05) is 13.1 Å². The van der Waals surface area contributed by atoms with Gasteiger partial charge in [-0.25, -0.2) is 0 Å². The van der Waals surface area contributed by atoms with Crippen LogP contribution in [-0.2, 0) is 11.3 Å². The van der Waals surface area contributed by atoms with E-state index >= 15 is 0 Å².